The highest BCUT2D eigenvalue weighted by atomic mass is 127. The Labute approximate surface area is 161 Å². The van der Waals surface area contributed by atoms with Crippen molar-refractivity contribution >= 4 is 29.9 Å². The van der Waals surface area contributed by atoms with Gasteiger partial charge in [-0.25, -0.2) is 4.99 Å². The maximum Gasteiger partial charge on any atom is 0.191 e. The number of hydrogen-bond acceptors (Lipinski definition) is 3. The minimum Gasteiger partial charge on any atom is -0.357 e. The second-order valence-corrected chi connectivity index (χ2v) is 5.62. The van der Waals surface area contributed by atoms with E-state index in [0.29, 0.717) is 12.6 Å². The van der Waals surface area contributed by atoms with Gasteiger partial charge in [0.1, 0.15) is 12.9 Å². The molecule has 2 rings (SSSR count). The molecular formula is C17H27IN6. The highest BCUT2D eigenvalue weighted by Crippen LogP contribution is 2.04. The molecule has 2 aromatic rings. The van der Waals surface area contributed by atoms with E-state index in [-0.39, 0.29) is 24.0 Å². The fourth-order valence-corrected chi connectivity index (χ4v) is 2.25. The Morgan fingerprint density at radius 2 is 2.04 bits per heavy atom. The summed E-state index contributed by atoms with van der Waals surface area (Å²) in [5.74, 6) is 1.66. The van der Waals surface area contributed by atoms with Crippen LogP contribution in [0.1, 0.15) is 31.7 Å². The SMILES string of the molecule is CCNC(=NCc1nncn1C)NC(C)CCc1ccccc1.I. The lowest BCUT2D eigenvalue weighted by atomic mass is 10.1. The first-order valence-electron chi connectivity index (χ1n) is 8.10. The lowest BCUT2D eigenvalue weighted by Gasteiger charge is -2.17. The summed E-state index contributed by atoms with van der Waals surface area (Å²) in [5.41, 5.74) is 1.36. The molecule has 1 aromatic heterocycles. The maximum atomic E-state index is 4.58. The normalized spacial score (nSPS) is 12.4. The molecule has 0 amide bonds. The number of aromatic nitrogens is 3. The van der Waals surface area contributed by atoms with E-state index in [4.69, 9.17) is 0 Å². The van der Waals surface area contributed by atoms with Crippen molar-refractivity contribution in [1.29, 1.82) is 0 Å². The third-order valence-corrected chi connectivity index (χ3v) is 3.62. The fraction of sp³-hybridized carbons (Fsp3) is 0.471. The van der Waals surface area contributed by atoms with Crippen molar-refractivity contribution < 1.29 is 0 Å². The molecule has 0 aliphatic carbocycles. The molecule has 2 N–H and O–H groups in total. The smallest absolute Gasteiger partial charge is 0.191 e. The number of rotatable bonds is 7. The number of hydrogen-bond donors (Lipinski definition) is 2. The van der Waals surface area contributed by atoms with Gasteiger partial charge in [-0.3, -0.25) is 0 Å². The highest BCUT2D eigenvalue weighted by molar-refractivity contribution is 14.0. The fourth-order valence-electron chi connectivity index (χ4n) is 2.25. The molecule has 1 unspecified atom stereocenters. The Kier molecular flexibility index (Phi) is 9.36. The van der Waals surface area contributed by atoms with Crippen LogP contribution in [0.3, 0.4) is 0 Å². The van der Waals surface area contributed by atoms with E-state index in [9.17, 15) is 0 Å². The third-order valence-electron chi connectivity index (χ3n) is 3.62. The highest BCUT2D eigenvalue weighted by Gasteiger charge is 2.06. The van der Waals surface area contributed by atoms with Crippen LogP contribution in [0.4, 0.5) is 0 Å². The molecule has 132 valence electrons. The van der Waals surface area contributed by atoms with Crippen molar-refractivity contribution in [1.82, 2.24) is 25.4 Å². The summed E-state index contributed by atoms with van der Waals surface area (Å²) < 4.78 is 1.88. The number of aryl methyl sites for hydroxylation is 2. The van der Waals surface area contributed by atoms with Gasteiger partial charge in [0.25, 0.3) is 0 Å². The van der Waals surface area contributed by atoms with Crippen molar-refractivity contribution in [3.63, 3.8) is 0 Å². The molecule has 0 saturated heterocycles. The van der Waals surface area contributed by atoms with Crippen molar-refractivity contribution in [2.24, 2.45) is 12.0 Å². The number of nitrogens with one attached hydrogen (secondary N) is 2. The van der Waals surface area contributed by atoms with Gasteiger partial charge in [0, 0.05) is 19.6 Å². The van der Waals surface area contributed by atoms with Crippen LogP contribution in [0.5, 0.6) is 0 Å². The van der Waals surface area contributed by atoms with Gasteiger partial charge in [-0.1, -0.05) is 30.3 Å². The van der Waals surface area contributed by atoms with Crippen molar-refractivity contribution in [3.05, 3.63) is 48.0 Å². The molecule has 0 fully saturated rings. The zero-order valence-electron chi connectivity index (χ0n) is 14.6. The van der Waals surface area contributed by atoms with Crippen molar-refractivity contribution in [3.8, 4) is 0 Å². The first-order chi connectivity index (χ1) is 11.2. The lowest BCUT2D eigenvalue weighted by molar-refractivity contribution is 0.592. The van der Waals surface area contributed by atoms with E-state index in [0.717, 1.165) is 31.2 Å². The molecule has 0 aliphatic heterocycles. The molecule has 0 radical (unpaired) electrons. The number of nitrogens with zero attached hydrogens (tertiary/aromatic N) is 4. The van der Waals surface area contributed by atoms with Crippen LogP contribution in [-0.4, -0.2) is 33.3 Å². The monoisotopic (exact) mass is 442 g/mol. The van der Waals surface area contributed by atoms with Crippen LogP contribution in [0, 0.1) is 0 Å². The average molecular weight is 442 g/mol. The zero-order valence-corrected chi connectivity index (χ0v) is 16.9. The van der Waals surface area contributed by atoms with Gasteiger partial charge in [0.15, 0.2) is 11.8 Å². The van der Waals surface area contributed by atoms with Gasteiger partial charge in [0.05, 0.1) is 0 Å². The topological polar surface area (TPSA) is 67.1 Å². The van der Waals surface area contributed by atoms with E-state index in [1.54, 1.807) is 6.33 Å². The van der Waals surface area contributed by atoms with Crippen LogP contribution >= 0.6 is 24.0 Å². The molecule has 1 heterocycles. The van der Waals surface area contributed by atoms with Gasteiger partial charge >= 0.3 is 0 Å². The van der Waals surface area contributed by atoms with Crippen LogP contribution in [-0.2, 0) is 20.0 Å². The summed E-state index contributed by atoms with van der Waals surface area (Å²) in [7, 11) is 1.92. The standard InChI is InChI=1S/C17H26N6.HI/c1-4-18-17(19-12-16-22-20-13-23(16)3)21-14(2)10-11-15-8-6-5-7-9-15;/h5-9,13-14H,4,10-12H2,1-3H3,(H2,18,19,21);1H. The molecule has 24 heavy (non-hydrogen) atoms. The Balaban J connectivity index is 0.00000288. The number of halogens is 1. The lowest BCUT2D eigenvalue weighted by Crippen LogP contribution is -2.42. The number of benzene rings is 1. The minimum absolute atomic E-state index is 0. The summed E-state index contributed by atoms with van der Waals surface area (Å²) in [6.45, 7) is 5.58. The first-order valence-corrected chi connectivity index (χ1v) is 8.10. The van der Waals surface area contributed by atoms with E-state index in [2.05, 4.69) is 63.9 Å². The first kappa shape index (κ1) is 20.4. The van der Waals surface area contributed by atoms with E-state index >= 15 is 0 Å². The number of aliphatic imine (C=N–C) groups is 1. The minimum atomic E-state index is 0. The Hall–Kier alpha value is -1.64. The predicted octanol–water partition coefficient (Wildman–Crippen LogP) is 2.51. The Bertz CT molecular complexity index is 611. The zero-order chi connectivity index (χ0) is 16.5. The van der Waals surface area contributed by atoms with Crippen LogP contribution in [0.2, 0.25) is 0 Å². The predicted molar refractivity (Wildman–Crippen MR) is 109 cm³/mol. The Morgan fingerprint density at radius 1 is 1.29 bits per heavy atom. The summed E-state index contributed by atoms with van der Waals surface area (Å²) in [4.78, 5) is 4.58. The summed E-state index contributed by atoms with van der Waals surface area (Å²) in [6.07, 6.45) is 3.80. The molecule has 0 aliphatic rings. The van der Waals surface area contributed by atoms with Gasteiger partial charge in [-0.05, 0) is 32.3 Å². The molecular weight excluding hydrogens is 415 g/mol. The molecule has 7 heteroatoms. The largest absolute Gasteiger partial charge is 0.357 e. The van der Waals surface area contributed by atoms with Gasteiger partial charge in [0.2, 0.25) is 0 Å². The van der Waals surface area contributed by atoms with E-state index in [1.165, 1.54) is 5.56 Å². The van der Waals surface area contributed by atoms with Gasteiger partial charge < -0.3 is 15.2 Å². The summed E-state index contributed by atoms with van der Waals surface area (Å²) >= 11 is 0. The van der Waals surface area contributed by atoms with Crippen LogP contribution in [0.25, 0.3) is 0 Å². The quantitative estimate of drug-likeness (QED) is 0.393. The third kappa shape index (κ3) is 6.86. The summed E-state index contributed by atoms with van der Waals surface area (Å²) in [5, 5.41) is 14.7. The van der Waals surface area contributed by atoms with Crippen LogP contribution in [0.15, 0.2) is 41.7 Å². The van der Waals surface area contributed by atoms with Crippen molar-refractivity contribution in [2.45, 2.75) is 39.3 Å². The number of guanidine groups is 1. The van der Waals surface area contributed by atoms with E-state index < -0.39 is 0 Å². The average Bonchev–Trinajstić information content (AvgIpc) is 2.97. The molecule has 6 nitrogen and oxygen atoms in total. The van der Waals surface area contributed by atoms with Crippen molar-refractivity contribution in [2.75, 3.05) is 6.54 Å². The molecule has 1 aromatic carbocycles. The molecule has 0 saturated carbocycles. The van der Waals surface area contributed by atoms with Gasteiger partial charge in [-0.2, -0.15) is 0 Å². The van der Waals surface area contributed by atoms with Gasteiger partial charge in [-0.15, -0.1) is 34.2 Å². The molecule has 1 atom stereocenters. The maximum absolute atomic E-state index is 4.58. The molecule has 0 bridgehead atoms. The van der Waals surface area contributed by atoms with E-state index in [1.807, 2.05) is 17.7 Å². The van der Waals surface area contributed by atoms with Crippen LogP contribution < -0.4 is 10.6 Å². The molecule has 0 spiro atoms. The Morgan fingerprint density at radius 3 is 2.67 bits per heavy atom. The summed E-state index contributed by atoms with van der Waals surface area (Å²) in [6, 6.07) is 10.9. The second kappa shape index (κ2) is 11.0. The second-order valence-electron chi connectivity index (χ2n) is 5.62.